The van der Waals surface area contributed by atoms with Gasteiger partial charge in [0.15, 0.2) is 0 Å². The molecule has 0 aliphatic carbocycles. The summed E-state index contributed by atoms with van der Waals surface area (Å²) in [7, 11) is 1.71. The Kier molecular flexibility index (Phi) is 4.81. The van der Waals surface area contributed by atoms with Gasteiger partial charge in [-0.25, -0.2) is 14.0 Å². The number of likely N-dealkylation sites (tertiary alicyclic amines) is 1. The molecule has 0 bridgehead atoms. The molecule has 27 heavy (non-hydrogen) atoms. The van der Waals surface area contributed by atoms with Gasteiger partial charge in [-0.3, -0.25) is 4.90 Å². The van der Waals surface area contributed by atoms with Crippen molar-refractivity contribution in [1.82, 2.24) is 19.2 Å². The van der Waals surface area contributed by atoms with Gasteiger partial charge in [-0.15, -0.1) is 0 Å². The van der Waals surface area contributed by atoms with E-state index in [1.807, 2.05) is 48.5 Å². The number of aromatic hydroxyl groups is 1. The van der Waals surface area contributed by atoms with Crippen LogP contribution in [-0.2, 0) is 13.6 Å². The highest BCUT2D eigenvalue weighted by molar-refractivity contribution is 5.33. The first-order chi connectivity index (χ1) is 13.1. The Morgan fingerprint density at radius 3 is 2.74 bits per heavy atom. The predicted molar refractivity (Wildman–Crippen MR) is 104 cm³/mol. The standard InChI is InChI=1S/C21H24N4O2/c1-23-21(27)25(18-9-3-2-4-10-18)20(22-23)17-8-6-12-24(15-17)14-16-7-5-11-19(26)13-16/h2-5,7,9-11,13,17,26H,6,8,12,14-15H2,1H3/t17-/m1/s1. The van der Waals surface area contributed by atoms with Gasteiger partial charge >= 0.3 is 5.69 Å². The van der Waals surface area contributed by atoms with Gasteiger partial charge < -0.3 is 5.11 Å². The molecule has 0 spiro atoms. The molecule has 0 radical (unpaired) electrons. The molecule has 1 saturated heterocycles. The second kappa shape index (κ2) is 7.40. The summed E-state index contributed by atoms with van der Waals surface area (Å²) in [6.45, 7) is 2.64. The average molecular weight is 364 g/mol. The van der Waals surface area contributed by atoms with Crippen LogP contribution in [0.1, 0.15) is 30.1 Å². The highest BCUT2D eigenvalue weighted by atomic mass is 16.3. The third kappa shape index (κ3) is 3.66. The number of hydrogen-bond acceptors (Lipinski definition) is 4. The molecule has 2 heterocycles. The van der Waals surface area contributed by atoms with Gasteiger partial charge in [-0.1, -0.05) is 30.3 Å². The number of hydrogen-bond donors (Lipinski definition) is 1. The van der Waals surface area contributed by atoms with E-state index in [0.29, 0.717) is 5.75 Å². The SMILES string of the molecule is Cn1nc([C@@H]2CCCN(Cc3cccc(O)c3)C2)n(-c2ccccc2)c1=O. The van der Waals surface area contributed by atoms with E-state index in [4.69, 9.17) is 0 Å². The Bertz CT molecular complexity index is 977. The van der Waals surface area contributed by atoms with Crippen molar-refractivity contribution in [2.45, 2.75) is 25.3 Å². The molecule has 1 aromatic heterocycles. The van der Waals surface area contributed by atoms with Gasteiger partial charge in [-0.2, -0.15) is 5.10 Å². The highest BCUT2D eigenvalue weighted by Crippen LogP contribution is 2.27. The van der Waals surface area contributed by atoms with Crippen LogP contribution < -0.4 is 5.69 Å². The van der Waals surface area contributed by atoms with Crippen molar-refractivity contribution < 1.29 is 5.11 Å². The second-order valence-corrected chi connectivity index (χ2v) is 7.18. The number of nitrogens with zero attached hydrogens (tertiary/aromatic N) is 4. The van der Waals surface area contributed by atoms with E-state index in [-0.39, 0.29) is 11.6 Å². The summed E-state index contributed by atoms with van der Waals surface area (Å²) in [5.41, 5.74) is 1.84. The minimum absolute atomic E-state index is 0.110. The number of para-hydroxylation sites is 1. The van der Waals surface area contributed by atoms with E-state index in [9.17, 15) is 9.90 Å². The van der Waals surface area contributed by atoms with Gasteiger partial charge in [0, 0.05) is 26.1 Å². The number of aryl methyl sites for hydroxylation is 1. The molecule has 140 valence electrons. The minimum atomic E-state index is -0.110. The van der Waals surface area contributed by atoms with Crippen molar-refractivity contribution in [3.05, 3.63) is 76.5 Å². The Morgan fingerprint density at radius 2 is 1.96 bits per heavy atom. The normalized spacial score (nSPS) is 17.9. The van der Waals surface area contributed by atoms with E-state index < -0.39 is 0 Å². The molecule has 1 aliphatic rings. The van der Waals surface area contributed by atoms with E-state index >= 15 is 0 Å². The van der Waals surface area contributed by atoms with Crippen LogP contribution in [0.5, 0.6) is 5.75 Å². The molecular formula is C21H24N4O2. The molecule has 6 heteroatoms. The summed E-state index contributed by atoms with van der Waals surface area (Å²) in [5, 5.41) is 14.3. The quantitative estimate of drug-likeness (QED) is 0.773. The largest absolute Gasteiger partial charge is 0.508 e. The van der Waals surface area contributed by atoms with Crippen molar-refractivity contribution in [1.29, 1.82) is 0 Å². The third-order valence-corrected chi connectivity index (χ3v) is 5.15. The molecular weight excluding hydrogens is 340 g/mol. The molecule has 1 aliphatic heterocycles. The van der Waals surface area contributed by atoms with E-state index in [2.05, 4.69) is 10.00 Å². The number of piperidine rings is 1. The van der Waals surface area contributed by atoms with Gasteiger partial charge in [0.2, 0.25) is 0 Å². The van der Waals surface area contributed by atoms with Crippen molar-refractivity contribution >= 4 is 0 Å². The molecule has 6 nitrogen and oxygen atoms in total. The number of phenols is 1. The van der Waals surface area contributed by atoms with Crippen LogP contribution in [0.25, 0.3) is 5.69 Å². The Morgan fingerprint density at radius 1 is 1.15 bits per heavy atom. The van der Waals surface area contributed by atoms with Gasteiger partial charge in [0.1, 0.15) is 11.6 Å². The molecule has 4 rings (SSSR count). The fourth-order valence-electron chi connectivity index (χ4n) is 3.89. The first-order valence-corrected chi connectivity index (χ1v) is 9.33. The lowest BCUT2D eigenvalue weighted by molar-refractivity contribution is 0.195. The Hall–Kier alpha value is -2.86. The summed E-state index contributed by atoms with van der Waals surface area (Å²) in [6.07, 6.45) is 2.07. The maximum absolute atomic E-state index is 12.7. The van der Waals surface area contributed by atoms with Crippen molar-refractivity contribution in [3.8, 4) is 11.4 Å². The van der Waals surface area contributed by atoms with Crippen molar-refractivity contribution in [2.75, 3.05) is 13.1 Å². The molecule has 0 amide bonds. The maximum Gasteiger partial charge on any atom is 0.350 e. The monoisotopic (exact) mass is 364 g/mol. The van der Waals surface area contributed by atoms with Gasteiger partial charge in [0.25, 0.3) is 0 Å². The molecule has 0 saturated carbocycles. The molecule has 1 atom stereocenters. The van der Waals surface area contributed by atoms with Crippen LogP contribution >= 0.6 is 0 Å². The smallest absolute Gasteiger partial charge is 0.350 e. The minimum Gasteiger partial charge on any atom is -0.508 e. The zero-order valence-corrected chi connectivity index (χ0v) is 15.5. The fourth-order valence-corrected chi connectivity index (χ4v) is 3.89. The van der Waals surface area contributed by atoms with Crippen LogP contribution in [0.3, 0.4) is 0 Å². The van der Waals surface area contributed by atoms with Crippen LogP contribution in [0.4, 0.5) is 0 Å². The number of phenolic OH excluding ortho intramolecular Hbond substituents is 1. The van der Waals surface area contributed by atoms with Gasteiger partial charge in [0.05, 0.1) is 5.69 Å². The summed E-state index contributed by atoms with van der Waals surface area (Å²) in [4.78, 5) is 15.0. The topological polar surface area (TPSA) is 63.3 Å². The van der Waals surface area contributed by atoms with Gasteiger partial charge in [-0.05, 0) is 49.2 Å². The van der Waals surface area contributed by atoms with Crippen LogP contribution in [0.15, 0.2) is 59.4 Å². The number of rotatable bonds is 4. The van der Waals surface area contributed by atoms with Crippen LogP contribution in [0, 0.1) is 0 Å². The van der Waals surface area contributed by atoms with Crippen LogP contribution in [-0.4, -0.2) is 37.4 Å². The van der Waals surface area contributed by atoms with Crippen LogP contribution in [0.2, 0.25) is 0 Å². The molecule has 2 aromatic carbocycles. The first kappa shape index (κ1) is 17.5. The Balaban J connectivity index is 1.60. The summed E-state index contributed by atoms with van der Waals surface area (Å²) in [5.74, 6) is 1.32. The summed E-state index contributed by atoms with van der Waals surface area (Å²) >= 11 is 0. The van der Waals surface area contributed by atoms with E-state index in [1.54, 1.807) is 17.7 Å². The van der Waals surface area contributed by atoms with E-state index in [1.165, 1.54) is 4.68 Å². The number of aromatic nitrogens is 3. The lowest BCUT2D eigenvalue weighted by Crippen LogP contribution is -2.35. The lowest BCUT2D eigenvalue weighted by atomic mass is 9.96. The maximum atomic E-state index is 12.7. The lowest BCUT2D eigenvalue weighted by Gasteiger charge is -2.32. The highest BCUT2D eigenvalue weighted by Gasteiger charge is 2.27. The zero-order valence-electron chi connectivity index (χ0n) is 15.5. The second-order valence-electron chi connectivity index (χ2n) is 7.18. The summed E-state index contributed by atoms with van der Waals surface area (Å²) < 4.78 is 3.17. The molecule has 1 fully saturated rings. The van der Waals surface area contributed by atoms with Crippen molar-refractivity contribution in [2.24, 2.45) is 7.05 Å². The Labute approximate surface area is 158 Å². The summed E-state index contributed by atoms with van der Waals surface area (Å²) in [6, 6.07) is 17.1. The molecule has 0 unspecified atom stereocenters. The third-order valence-electron chi connectivity index (χ3n) is 5.15. The predicted octanol–water partition coefficient (Wildman–Crippen LogP) is 2.66. The van der Waals surface area contributed by atoms with E-state index in [0.717, 1.165) is 49.6 Å². The molecule has 3 aromatic rings. The zero-order chi connectivity index (χ0) is 18.8. The fraction of sp³-hybridized carbons (Fsp3) is 0.333. The van der Waals surface area contributed by atoms with Crippen molar-refractivity contribution in [3.63, 3.8) is 0 Å². The average Bonchev–Trinajstić information content (AvgIpc) is 2.98. The first-order valence-electron chi connectivity index (χ1n) is 9.33. The number of benzene rings is 2. The molecule has 1 N–H and O–H groups in total.